The van der Waals surface area contributed by atoms with E-state index in [1.165, 1.54) is 29.7 Å². The Bertz CT molecular complexity index is 441. The molecule has 1 saturated carbocycles. The van der Waals surface area contributed by atoms with Gasteiger partial charge < -0.3 is 15.0 Å². The molecule has 2 rings (SSSR count). The van der Waals surface area contributed by atoms with Crippen molar-refractivity contribution in [1.82, 2.24) is 5.32 Å². The molecule has 0 aromatic heterocycles. The molecule has 1 N–H and O–H groups in total. The van der Waals surface area contributed by atoms with Gasteiger partial charge in [0.25, 0.3) is 0 Å². The number of anilines is 1. The summed E-state index contributed by atoms with van der Waals surface area (Å²) in [5, 5.41) is 3.53. The van der Waals surface area contributed by atoms with E-state index in [4.69, 9.17) is 4.74 Å². The van der Waals surface area contributed by atoms with Crippen molar-refractivity contribution in [3.63, 3.8) is 0 Å². The molecule has 1 aromatic carbocycles. The average Bonchev–Trinajstić information content (AvgIpc) is 3.26. The Labute approximate surface area is 129 Å². The van der Waals surface area contributed by atoms with Crippen LogP contribution in [0.15, 0.2) is 18.2 Å². The number of ether oxygens (including phenoxy) is 1. The molecule has 0 spiro atoms. The van der Waals surface area contributed by atoms with Gasteiger partial charge in [0, 0.05) is 31.9 Å². The highest BCUT2D eigenvalue weighted by molar-refractivity contribution is 5.52. The molecule has 0 bridgehead atoms. The standard InChI is InChI=1S/C18H30N2O/c1-14(2)12-19-13-16-5-6-18(11-15(16)3)20(9-10-21-4)17-7-8-17/h5-6,11,14,17,19H,7-10,12-13H2,1-4H3. The fourth-order valence-electron chi connectivity index (χ4n) is 2.65. The summed E-state index contributed by atoms with van der Waals surface area (Å²) in [5.74, 6) is 0.698. The van der Waals surface area contributed by atoms with Crippen LogP contribution in [0.4, 0.5) is 5.69 Å². The Morgan fingerprint density at radius 1 is 1.33 bits per heavy atom. The van der Waals surface area contributed by atoms with Crippen LogP contribution in [0.3, 0.4) is 0 Å². The quantitative estimate of drug-likeness (QED) is 0.755. The highest BCUT2D eigenvalue weighted by Crippen LogP contribution is 2.32. The van der Waals surface area contributed by atoms with Crippen molar-refractivity contribution in [3.8, 4) is 0 Å². The number of methoxy groups -OCH3 is 1. The Balaban J connectivity index is 1.99. The Kier molecular flexibility index (Phi) is 6.07. The summed E-state index contributed by atoms with van der Waals surface area (Å²) >= 11 is 0. The summed E-state index contributed by atoms with van der Waals surface area (Å²) in [4.78, 5) is 2.50. The number of benzene rings is 1. The first-order valence-electron chi connectivity index (χ1n) is 8.17. The molecule has 0 amide bonds. The lowest BCUT2D eigenvalue weighted by molar-refractivity contribution is 0.205. The van der Waals surface area contributed by atoms with E-state index < -0.39 is 0 Å². The monoisotopic (exact) mass is 290 g/mol. The second-order valence-corrected chi connectivity index (χ2v) is 6.55. The molecule has 0 aliphatic heterocycles. The lowest BCUT2D eigenvalue weighted by Crippen LogP contribution is -2.29. The molecule has 1 fully saturated rings. The maximum Gasteiger partial charge on any atom is 0.0637 e. The van der Waals surface area contributed by atoms with Crippen LogP contribution in [0.25, 0.3) is 0 Å². The number of nitrogens with one attached hydrogen (secondary N) is 1. The summed E-state index contributed by atoms with van der Waals surface area (Å²) in [5.41, 5.74) is 4.13. The first-order valence-corrected chi connectivity index (χ1v) is 8.17. The minimum atomic E-state index is 0.698. The van der Waals surface area contributed by atoms with Gasteiger partial charge in [0.15, 0.2) is 0 Å². The number of nitrogens with zero attached hydrogens (tertiary/aromatic N) is 1. The van der Waals surface area contributed by atoms with E-state index in [1.807, 2.05) is 0 Å². The minimum absolute atomic E-state index is 0.698. The molecule has 21 heavy (non-hydrogen) atoms. The van der Waals surface area contributed by atoms with Crippen molar-refractivity contribution in [1.29, 1.82) is 0 Å². The SMILES string of the molecule is COCCN(c1ccc(CNCC(C)C)c(C)c1)C1CC1. The molecular formula is C18H30N2O. The van der Waals surface area contributed by atoms with Crippen LogP contribution in [0.1, 0.15) is 37.8 Å². The average molecular weight is 290 g/mol. The van der Waals surface area contributed by atoms with Crippen LogP contribution in [0.5, 0.6) is 0 Å². The molecule has 0 unspecified atom stereocenters. The van der Waals surface area contributed by atoms with E-state index in [2.05, 4.69) is 49.2 Å². The van der Waals surface area contributed by atoms with Gasteiger partial charge in [-0.2, -0.15) is 0 Å². The van der Waals surface area contributed by atoms with Gasteiger partial charge in [-0.3, -0.25) is 0 Å². The molecule has 1 aliphatic rings. The van der Waals surface area contributed by atoms with Crippen molar-refractivity contribution in [2.75, 3.05) is 31.7 Å². The van der Waals surface area contributed by atoms with E-state index in [-0.39, 0.29) is 0 Å². The van der Waals surface area contributed by atoms with Gasteiger partial charge >= 0.3 is 0 Å². The van der Waals surface area contributed by atoms with Gasteiger partial charge in [-0.1, -0.05) is 19.9 Å². The van der Waals surface area contributed by atoms with E-state index in [9.17, 15) is 0 Å². The van der Waals surface area contributed by atoms with Crippen LogP contribution >= 0.6 is 0 Å². The lowest BCUT2D eigenvalue weighted by atomic mass is 10.1. The molecule has 0 heterocycles. The molecule has 1 aromatic rings. The summed E-state index contributed by atoms with van der Waals surface area (Å²) in [7, 11) is 1.78. The highest BCUT2D eigenvalue weighted by Gasteiger charge is 2.29. The predicted molar refractivity (Wildman–Crippen MR) is 90.0 cm³/mol. The van der Waals surface area contributed by atoms with Crippen molar-refractivity contribution < 1.29 is 4.74 Å². The fourth-order valence-corrected chi connectivity index (χ4v) is 2.65. The second kappa shape index (κ2) is 7.81. The zero-order valence-corrected chi connectivity index (χ0v) is 14.0. The minimum Gasteiger partial charge on any atom is -0.383 e. The Morgan fingerprint density at radius 3 is 2.67 bits per heavy atom. The van der Waals surface area contributed by atoms with Gasteiger partial charge in [-0.15, -0.1) is 0 Å². The van der Waals surface area contributed by atoms with Crippen molar-refractivity contribution in [2.45, 2.75) is 46.2 Å². The molecule has 0 radical (unpaired) electrons. The molecule has 0 saturated heterocycles. The first-order chi connectivity index (χ1) is 10.1. The largest absolute Gasteiger partial charge is 0.383 e. The van der Waals surface area contributed by atoms with Gasteiger partial charge in [0.1, 0.15) is 0 Å². The van der Waals surface area contributed by atoms with E-state index >= 15 is 0 Å². The maximum absolute atomic E-state index is 5.25. The van der Waals surface area contributed by atoms with Gasteiger partial charge in [-0.05, 0) is 55.5 Å². The third-order valence-corrected chi connectivity index (χ3v) is 4.05. The predicted octanol–water partition coefficient (Wildman–Crippen LogP) is 3.36. The first kappa shape index (κ1) is 16.3. The normalized spacial score (nSPS) is 14.7. The molecule has 0 atom stereocenters. The van der Waals surface area contributed by atoms with Crippen molar-refractivity contribution in [3.05, 3.63) is 29.3 Å². The molecule has 1 aliphatic carbocycles. The number of hydrogen-bond acceptors (Lipinski definition) is 3. The Morgan fingerprint density at radius 2 is 2.10 bits per heavy atom. The van der Waals surface area contributed by atoms with E-state index in [0.717, 1.165) is 32.3 Å². The zero-order valence-electron chi connectivity index (χ0n) is 14.0. The summed E-state index contributed by atoms with van der Waals surface area (Å²) in [6.07, 6.45) is 2.64. The zero-order chi connectivity index (χ0) is 15.2. The van der Waals surface area contributed by atoms with Gasteiger partial charge in [-0.25, -0.2) is 0 Å². The number of aryl methyl sites for hydroxylation is 1. The summed E-state index contributed by atoms with van der Waals surface area (Å²) < 4.78 is 5.25. The summed E-state index contributed by atoms with van der Waals surface area (Å²) in [6.45, 7) is 10.5. The van der Waals surface area contributed by atoms with Crippen LogP contribution in [0, 0.1) is 12.8 Å². The molecule has 3 nitrogen and oxygen atoms in total. The van der Waals surface area contributed by atoms with Crippen molar-refractivity contribution in [2.24, 2.45) is 5.92 Å². The van der Waals surface area contributed by atoms with Crippen LogP contribution in [0.2, 0.25) is 0 Å². The maximum atomic E-state index is 5.25. The van der Waals surface area contributed by atoms with E-state index in [1.54, 1.807) is 7.11 Å². The third kappa shape index (κ3) is 5.01. The fraction of sp³-hybridized carbons (Fsp3) is 0.667. The summed E-state index contributed by atoms with van der Waals surface area (Å²) in [6, 6.07) is 7.61. The lowest BCUT2D eigenvalue weighted by Gasteiger charge is -2.25. The van der Waals surface area contributed by atoms with Crippen LogP contribution < -0.4 is 10.2 Å². The molecule has 3 heteroatoms. The smallest absolute Gasteiger partial charge is 0.0637 e. The van der Waals surface area contributed by atoms with Gasteiger partial charge in [0.2, 0.25) is 0 Å². The van der Waals surface area contributed by atoms with Crippen LogP contribution in [-0.4, -0.2) is 32.8 Å². The molecule has 118 valence electrons. The Hall–Kier alpha value is -1.06. The van der Waals surface area contributed by atoms with E-state index in [0.29, 0.717) is 5.92 Å². The number of rotatable bonds is 9. The highest BCUT2D eigenvalue weighted by atomic mass is 16.5. The third-order valence-electron chi connectivity index (χ3n) is 4.05. The van der Waals surface area contributed by atoms with Crippen LogP contribution in [-0.2, 0) is 11.3 Å². The second-order valence-electron chi connectivity index (χ2n) is 6.55. The number of hydrogen-bond donors (Lipinski definition) is 1. The topological polar surface area (TPSA) is 24.5 Å². The van der Waals surface area contributed by atoms with Crippen molar-refractivity contribution >= 4 is 5.69 Å². The van der Waals surface area contributed by atoms with Gasteiger partial charge in [0.05, 0.1) is 6.61 Å². The molecular weight excluding hydrogens is 260 g/mol.